The van der Waals surface area contributed by atoms with Crippen molar-refractivity contribution in [2.45, 2.75) is 48.3 Å². The van der Waals surface area contributed by atoms with Crippen molar-refractivity contribution in [3.05, 3.63) is 60.3 Å². The van der Waals surface area contributed by atoms with Crippen molar-refractivity contribution in [3.63, 3.8) is 0 Å². The second-order valence-electron chi connectivity index (χ2n) is 7.66. The lowest BCUT2D eigenvalue weighted by Crippen LogP contribution is -2.47. The minimum atomic E-state index is -0.769. The van der Waals surface area contributed by atoms with E-state index in [2.05, 4.69) is 15.6 Å². The molecule has 1 aliphatic carbocycles. The molecule has 6 nitrogen and oxygen atoms in total. The van der Waals surface area contributed by atoms with E-state index in [1.54, 1.807) is 0 Å². The largest absolute Gasteiger partial charge is 0.361 e. The van der Waals surface area contributed by atoms with Crippen LogP contribution in [0.5, 0.6) is 0 Å². The molecule has 1 heterocycles. The van der Waals surface area contributed by atoms with Gasteiger partial charge in [0.1, 0.15) is 6.04 Å². The van der Waals surface area contributed by atoms with Gasteiger partial charge in [-0.25, -0.2) is 4.79 Å². The summed E-state index contributed by atoms with van der Waals surface area (Å²) in [5, 5.41) is 7.19. The molecule has 156 valence electrons. The van der Waals surface area contributed by atoms with Crippen LogP contribution in [0.1, 0.15) is 31.2 Å². The second-order valence-corrected chi connectivity index (χ2v) is 9.04. The molecule has 0 spiro atoms. The van der Waals surface area contributed by atoms with E-state index in [0.29, 0.717) is 17.4 Å². The number of benzene rings is 2. The van der Waals surface area contributed by atoms with Gasteiger partial charge < -0.3 is 21.4 Å². The lowest BCUT2D eigenvalue weighted by atomic mass is 10.0. The molecular formula is C23H26N4O2S. The zero-order valence-electron chi connectivity index (χ0n) is 16.7. The number of aromatic amines is 1. The summed E-state index contributed by atoms with van der Waals surface area (Å²) in [5.74, 6) is -0.296. The smallest absolute Gasteiger partial charge is 0.312 e. The number of nitrogens with two attached hydrogens (primary N) is 1. The monoisotopic (exact) mass is 422 g/mol. The number of carbonyl (C=O) groups is 2. The molecule has 1 aromatic heterocycles. The van der Waals surface area contributed by atoms with E-state index in [0.717, 1.165) is 16.5 Å². The molecule has 0 saturated heterocycles. The summed E-state index contributed by atoms with van der Waals surface area (Å²) in [5.41, 5.74) is 7.96. The fourth-order valence-electron chi connectivity index (χ4n) is 3.95. The molecule has 0 bridgehead atoms. The van der Waals surface area contributed by atoms with Gasteiger partial charge in [0.15, 0.2) is 0 Å². The number of hydrogen-bond donors (Lipinski definition) is 4. The molecule has 0 aliphatic heterocycles. The number of aromatic nitrogens is 1. The molecule has 3 amide bonds. The third-order valence-electron chi connectivity index (χ3n) is 5.46. The molecule has 1 aliphatic rings. The molecule has 4 rings (SSSR count). The fraction of sp³-hybridized carbons (Fsp3) is 0.304. The number of H-pyrrole nitrogens is 1. The van der Waals surface area contributed by atoms with E-state index in [4.69, 9.17) is 5.73 Å². The van der Waals surface area contributed by atoms with Crippen LogP contribution in [0.3, 0.4) is 0 Å². The average molecular weight is 423 g/mol. The summed E-state index contributed by atoms with van der Waals surface area (Å²) in [6.07, 6.45) is 7.39. The number of amides is 3. The summed E-state index contributed by atoms with van der Waals surface area (Å²) in [6.45, 7) is 0. The average Bonchev–Trinajstić information content (AvgIpc) is 3.39. The Hall–Kier alpha value is -2.93. The molecule has 1 fully saturated rings. The Balaban J connectivity index is 1.43. The van der Waals surface area contributed by atoms with Gasteiger partial charge in [0.25, 0.3) is 0 Å². The molecule has 5 N–H and O–H groups in total. The van der Waals surface area contributed by atoms with Crippen molar-refractivity contribution in [2.75, 3.05) is 5.32 Å². The van der Waals surface area contributed by atoms with Crippen molar-refractivity contribution in [1.29, 1.82) is 0 Å². The van der Waals surface area contributed by atoms with Crippen LogP contribution in [0, 0.1) is 0 Å². The van der Waals surface area contributed by atoms with Gasteiger partial charge in [-0.05, 0) is 48.7 Å². The van der Waals surface area contributed by atoms with Crippen molar-refractivity contribution in [1.82, 2.24) is 10.3 Å². The van der Waals surface area contributed by atoms with E-state index in [1.807, 2.05) is 66.5 Å². The maximum atomic E-state index is 12.9. The van der Waals surface area contributed by atoms with Crippen LogP contribution in [-0.2, 0) is 11.2 Å². The number of primary amides is 1. The van der Waals surface area contributed by atoms with Gasteiger partial charge in [-0.2, -0.15) is 0 Å². The molecular weight excluding hydrogens is 396 g/mol. The van der Waals surface area contributed by atoms with Gasteiger partial charge >= 0.3 is 6.03 Å². The predicted octanol–water partition coefficient (Wildman–Crippen LogP) is 4.42. The maximum absolute atomic E-state index is 12.9. The van der Waals surface area contributed by atoms with Crippen molar-refractivity contribution >= 4 is 40.3 Å². The van der Waals surface area contributed by atoms with Crippen LogP contribution in [0.15, 0.2) is 59.6 Å². The van der Waals surface area contributed by atoms with Gasteiger partial charge in [-0.15, -0.1) is 11.8 Å². The predicted molar refractivity (Wildman–Crippen MR) is 122 cm³/mol. The number of urea groups is 1. The molecule has 2 aromatic carbocycles. The molecule has 7 heteroatoms. The summed E-state index contributed by atoms with van der Waals surface area (Å²) in [7, 11) is 0. The number of anilines is 1. The van der Waals surface area contributed by atoms with E-state index in [9.17, 15) is 9.59 Å². The minimum absolute atomic E-state index is 0.296. The van der Waals surface area contributed by atoms with E-state index in [-0.39, 0.29) is 5.91 Å². The van der Waals surface area contributed by atoms with Crippen molar-refractivity contribution in [2.24, 2.45) is 5.73 Å². The molecule has 30 heavy (non-hydrogen) atoms. The van der Waals surface area contributed by atoms with Crippen molar-refractivity contribution in [3.8, 4) is 0 Å². The van der Waals surface area contributed by atoms with Gasteiger partial charge in [0.05, 0.1) is 0 Å². The third-order valence-corrected chi connectivity index (χ3v) is 6.81. The number of para-hydroxylation sites is 1. The maximum Gasteiger partial charge on any atom is 0.312 e. The van der Waals surface area contributed by atoms with E-state index in [1.165, 1.54) is 30.6 Å². The van der Waals surface area contributed by atoms with Crippen LogP contribution in [-0.4, -0.2) is 28.2 Å². The van der Waals surface area contributed by atoms with Gasteiger partial charge in [0, 0.05) is 39.4 Å². The first-order valence-electron chi connectivity index (χ1n) is 10.3. The Morgan fingerprint density at radius 1 is 1.10 bits per heavy atom. The van der Waals surface area contributed by atoms with Gasteiger partial charge in [-0.1, -0.05) is 31.0 Å². The highest BCUT2D eigenvalue weighted by atomic mass is 32.2. The van der Waals surface area contributed by atoms with E-state index < -0.39 is 12.1 Å². The first-order valence-corrected chi connectivity index (χ1v) is 11.1. The second kappa shape index (κ2) is 9.26. The lowest BCUT2D eigenvalue weighted by Gasteiger charge is -2.17. The quantitative estimate of drug-likeness (QED) is 0.453. The SMILES string of the molecule is NC(=O)NC(Cc1c[nH]c2ccccc12)C(=O)Nc1ccc(SC2CCCC2)cc1. The summed E-state index contributed by atoms with van der Waals surface area (Å²) in [4.78, 5) is 28.8. The van der Waals surface area contributed by atoms with Crippen LogP contribution in [0.2, 0.25) is 0 Å². The standard InChI is InChI=1S/C23H26N4O2S/c24-23(29)27-21(13-15-14-25-20-8-4-3-7-19(15)20)22(28)26-16-9-11-18(12-10-16)30-17-5-1-2-6-17/h3-4,7-12,14,17,21,25H,1-2,5-6,13H2,(H,26,28)(H3,24,27,29). The number of fused-ring (bicyclic) bond motifs is 1. The molecule has 3 aromatic rings. The number of rotatable bonds is 7. The lowest BCUT2D eigenvalue weighted by molar-refractivity contribution is -0.117. The first kappa shape index (κ1) is 20.3. The Bertz CT molecular complexity index is 1030. The zero-order valence-corrected chi connectivity index (χ0v) is 17.5. The Labute approximate surface area is 180 Å². The normalized spacial score (nSPS) is 15.2. The number of thioether (sulfide) groups is 1. The first-order chi connectivity index (χ1) is 14.6. The minimum Gasteiger partial charge on any atom is -0.361 e. The van der Waals surface area contributed by atoms with Crippen LogP contribution >= 0.6 is 11.8 Å². The number of nitrogens with one attached hydrogen (secondary N) is 3. The van der Waals surface area contributed by atoms with Gasteiger partial charge in [0.2, 0.25) is 5.91 Å². The van der Waals surface area contributed by atoms with E-state index >= 15 is 0 Å². The molecule has 1 saturated carbocycles. The summed E-state index contributed by atoms with van der Waals surface area (Å²) < 4.78 is 0. The summed E-state index contributed by atoms with van der Waals surface area (Å²) >= 11 is 1.91. The van der Waals surface area contributed by atoms with Crippen LogP contribution in [0.4, 0.5) is 10.5 Å². The van der Waals surface area contributed by atoms with Crippen LogP contribution < -0.4 is 16.4 Å². The molecule has 0 radical (unpaired) electrons. The number of carbonyl (C=O) groups excluding carboxylic acids is 2. The Morgan fingerprint density at radius 3 is 2.57 bits per heavy atom. The Morgan fingerprint density at radius 2 is 1.83 bits per heavy atom. The zero-order chi connectivity index (χ0) is 20.9. The topological polar surface area (TPSA) is 100 Å². The molecule has 1 unspecified atom stereocenters. The Kier molecular flexibility index (Phi) is 6.28. The fourth-order valence-corrected chi connectivity index (χ4v) is 5.19. The summed E-state index contributed by atoms with van der Waals surface area (Å²) in [6, 6.07) is 14.2. The third kappa shape index (κ3) is 4.97. The highest BCUT2D eigenvalue weighted by Gasteiger charge is 2.22. The highest BCUT2D eigenvalue weighted by Crippen LogP contribution is 2.35. The molecule has 1 atom stereocenters. The number of hydrogen-bond acceptors (Lipinski definition) is 3. The van der Waals surface area contributed by atoms with Crippen molar-refractivity contribution < 1.29 is 9.59 Å². The van der Waals surface area contributed by atoms with Crippen LogP contribution in [0.25, 0.3) is 10.9 Å². The van der Waals surface area contributed by atoms with Gasteiger partial charge in [-0.3, -0.25) is 4.79 Å². The highest BCUT2D eigenvalue weighted by molar-refractivity contribution is 8.00.